The number of hydrogen-bond donors (Lipinski definition) is 0. The van der Waals surface area contributed by atoms with Gasteiger partial charge in [0.25, 0.3) is 0 Å². The summed E-state index contributed by atoms with van der Waals surface area (Å²) in [6.07, 6.45) is 4.21. The van der Waals surface area contributed by atoms with Crippen LogP contribution in [0.5, 0.6) is 5.88 Å². The van der Waals surface area contributed by atoms with Gasteiger partial charge < -0.3 is 4.74 Å². The molecule has 0 radical (unpaired) electrons. The third kappa shape index (κ3) is 5.71. The molecule has 0 aliphatic heterocycles. The lowest BCUT2D eigenvalue weighted by Crippen LogP contribution is -2.35. The van der Waals surface area contributed by atoms with Crippen LogP contribution < -0.4 is 4.74 Å². The summed E-state index contributed by atoms with van der Waals surface area (Å²) in [5.41, 5.74) is -1.35. The largest absolute Gasteiger partial charge is 0.480 e. The number of rotatable bonds is 11. The van der Waals surface area contributed by atoms with Crippen LogP contribution in [0.2, 0.25) is 0 Å². The molecule has 3 nitrogen and oxygen atoms in total. The minimum absolute atomic E-state index is 0.0241. The summed E-state index contributed by atoms with van der Waals surface area (Å²) in [5, 5.41) is 4.11. The Balaban J connectivity index is 3.03. The van der Waals surface area contributed by atoms with E-state index in [1.807, 2.05) is 6.92 Å². The van der Waals surface area contributed by atoms with E-state index < -0.39 is 17.4 Å². The molecule has 0 saturated carbocycles. The van der Waals surface area contributed by atoms with Crippen molar-refractivity contribution in [3.05, 3.63) is 11.8 Å². The molecule has 24 heavy (non-hydrogen) atoms. The fraction of sp³-hybridized carbons (Fsp3) is 0.833. The molecule has 140 valence electrons. The zero-order chi connectivity index (χ0) is 18.2. The quantitative estimate of drug-likeness (QED) is 0.447. The molecule has 0 spiro atoms. The highest BCUT2D eigenvalue weighted by Gasteiger charge is 2.41. The lowest BCUT2D eigenvalue weighted by Gasteiger charge is -2.32. The van der Waals surface area contributed by atoms with Crippen LogP contribution in [-0.4, -0.2) is 16.9 Å². The van der Waals surface area contributed by atoms with Crippen molar-refractivity contribution < 1.29 is 17.9 Å². The van der Waals surface area contributed by atoms with Crippen LogP contribution in [-0.2, 0) is 11.7 Å². The van der Waals surface area contributed by atoms with E-state index in [0.29, 0.717) is 12.8 Å². The van der Waals surface area contributed by atoms with Gasteiger partial charge in [0.05, 0.1) is 12.6 Å². The molecular formula is C18H31F3N2O. The highest BCUT2D eigenvalue weighted by Crippen LogP contribution is 2.38. The summed E-state index contributed by atoms with van der Waals surface area (Å²) in [5.74, 6) is 0.0241. The molecule has 0 N–H and O–H groups in total. The molecule has 0 fully saturated rings. The first kappa shape index (κ1) is 20.8. The van der Waals surface area contributed by atoms with Gasteiger partial charge in [-0.25, -0.2) is 0 Å². The maximum absolute atomic E-state index is 13.4. The number of nitrogens with zero attached hydrogens (tertiary/aromatic N) is 2. The number of hydrogen-bond acceptors (Lipinski definition) is 2. The lowest BCUT2D eigenvalue weighted by molar-refractivity contribution is -0.146. The van der Waals surface area contributed by atoms with Crippen molar-refractivity contribution in [2.45, 2.75) is 90.3 Å². The fourth-order valence-electron chi connectivity index (χ4n) is 3.08. The van der Waals surface area contributed by atoms with Gasteiger partial charge in [-0.05, 0) is 19.8 Å². The van der Waals surface area contributed by atoms with Gasteiger partial charge in [0.15, 0.2) is 0 Å². The van der Waals surface area contributed by atoms with E-state index in [2.05, 4.69) is 18.9 Å². The standard InChI is InChI=1S/C18H31F3N2O/c1-5-7-9-10-11-13-17(3,12-8-6-2)23-15(18(19,20)21)14-16(22-23)24-4/h14H,5-13H2,1-4H3. The van der Waals surface area contributed by atoms with Crippen LogP contribution in [0, 0.1) is 0 Å². The van der Waals surface area contributed by atoms with Crippen LogP contribution in [0.1, 0.15) is 84.3 Å². The van der Waals surface area contributed by atoms with Crippen LogP contribution in [0.4, 0.5) is 13.2 Å². The molecule has 6 heteroatoms. The van der Waals surface area contributed by atoms with Crippen molar-refractivity contribution in [2.75, 3.05) is 7.11 Å². The Bertz CT molecular complexity index is 485. The smallest absolute Gasteiger partial charge is 0.433 e. The number of aromatic nitrogens is 2. The lowest BCUT2D eigenvalue weighted by atomic mass is 9.88. The maximum atomic E-state index is 13.4. The van der Waals surface area contributed by atoms with Crippen molar-refractivity contribution in [1.29, 1.82) is 0 Å². The van der Waals surface area contributed by atoms with Crippen molar-refractivity contribution in [2.24, 2.45) is 0 Å². The number of unbranched alkanes of at least 4 members (excludes halogenated alkanes) is 5. The van der Waals surface area contributed by atoms with Gasteiger partial charge in [0.2, 0.25) is 5.88 Å². The van der Waals surface area contributed by atoms with Crippen molar-refractivity contribution >= 4 is 0 Å². The van der Waals surface area contributed by atoms with E-state index in [-0.39, 0.29) is 5.88 Å². The SMILES string of the molecule is CCCCCCCC(C)(CCCC)n1nc(OC)cc1C(F)(F)F. The third-order valence-electron chi connectivity index (χ3n) is 4.59. The topological polar surface area (TPSA) is 27.1 Å². The number of ether oxygens (including phenoxy) is 1. The zero-order valence-corrected chi connectivity index (χ0v) is 15.4. The molecule has 1 aromatic rings. The summed E-state index contributed by atoms with van der Waals surface area (Å²) in [4.78, 5) is 0. The first-order valence-corrected chi connectivity index (χ1v) is 9.00. The molecular weight excluding hydrogens is 317 g/mol. The van der Waals surface area contributed by atoms with Crippen molar-refractivity contribution in [3.8, 4) is 5.88 Å². The van der Waals surface area contributed by atoms with E-state index in [1.54, 1.807) is 0 Å². The molecule has 0 aromatic carbocycles. The third-order valence-corrected chi connectivity index (χ3v) is 4.59. The second-order valence-electron chi connectivity index (χ2n) is 6.75. The number of alkyl halides is 3. The average molecular weight is 348 g/mol. The molecule has 0 amide bonds. The molecule has 1 aromatic heterocycles. The van der Waals surface area contributed by atoms with E-state index in [4.69, 9.17) is 4.74 Å². The van der Waals surface area contributed by atoms with Crippen molar-refractivity contribution in [3.63, 3.8) is 0 Å². The molecule has 1 atom stereocenters. The monoisotopic (exact) mass is 348 g/mol. The molecule has 0 bridgehead atoms. The summed E-state index contributed by atoms with van der Waals surface area (Å²) < 4.78 is 46.4. The van der Waals surface area contributed by atoms with Crippen LogP contribution in [0.3, 0.4) is 0 Å². The molecule has 0 aliphatic carbocycles. The van der Waals surface area contributed by atoms with Crippen LogP contribution in [0.25, 0.3) is 0 Å². The molecule has 1 unspecified atom stereocenters. The Morgan fingerprint density at radius 2 is 1.58 bits per heavy atom. The Kier molecular flexibility index (Phi) is 8.10. The van der Waals surface area contributed by atoms with E-state index >= 15 is 0 Å². The summed E-state index contributed by atoms with van der Waals surface area (Å²) in [6, 6.07) is 1.00. The van der Waals surface area contributed by atoms with E-state index in [9.17, 15) is 13.2 Å². The second-order valence-corrected chi connectivity index (χ2v) is 6.75. The van der Waals surface area contributed by atoms with Gasteiger partial charge in [-0.1, -0.05) is 58.8 Å². The minimum Gasteiger partial charge on any atom is -0.480 e. The predicted molar refractivity (Wildman–Crippen MR) is 90.3 cm³/mol. The van der Waals surface area contributed by atoms with Crippen LogP contribution in [0.15, 0.2) is 6.07 Å². The van der Waals surface area contributed by atoms with Crippen LogP contribution >= 0.6 is 0 Å². The average Bonchev–Trinajstić information content (AvgIpc) is 2.98. The zero-order valence-electron chi connectivity index (χ0n) is 15.4. The fourth-order valence-corrected chi connectivity index (χ4v) is 3.08. The normalized spacial score (nSPS) is 14.6. The van der Waals surface area contributed by atoms with Gasteiger partial charge in [-0.15, -0.1) is 5.10 Å². The summed E-state index contributed by atoms with van der Waals surface area (Å²) >= 11 is 0. The van der Waals surface area contributed by atoms with E-state index in [0.717, 1.165) is 44.6 Å². The molecule has 0 aliphatic rings. The molecule has 0 saturated heterocycles. The van der Waals surface area contributed by atoms with Crippen molar-refractivity contribution in [1.82, 2.24) is 9.78 Å². The Hall–Kier alpha value is -1.20. The Morgan fingerprint density at radius 1 is 1.00 bits per heavy atom. The first-order valence-electron chi connectivity index (χ1n) is 9.00. The second kappa shape index (κ2) is 9.33. The summed E-state index contributed by atoms with van der Waals surface area (Å²) in [6.45, 7) is 6.09. The van der Waals surface area contributed by atoms with Gasteiger partial charge in [0, 0.05) is 6.07 Å². The minimum atomic E-state index is -4.43. The Morgan fingerprint density at radius 3 is 2.12 bits per heavy atom. The van der Waals surface area contributed by atoms with Gasteiger partial charge in [-0.2, -0.15) is 13.2 Å². The first-order chi connectivity index (χ1) is 11.3. The number of methoxy groups -OCH3 is 1. The summed E-state index contributed by atoms with van der Waals surface area (Å²) in [7, 11) is 1.35. The highest BCUT2D eigenvalue weighted by molar-refractivity contribution is 5.20. The van der Waals surface area contributed by atoms with Gasteiger partial charge >= 0.3 is 6.18 Å². The molecule has 1 rings (SSSR count). The Labute approximate surface area is 143 Å². The highest BCUT2D eigenvalue weighted by atomic mass is 19.4. The van der Waals surface area contributed by atoms with Gasteiger partial charge in [-0.3, -0.25) is 4.68 Å². The predicted octanol–water partition coefficient (Wildman–Crippen LogP) is 6.18. The van der Waals surface area contributed by atoms with Gasteiger partial charge in [0.1, 0.15) is 5.69 Å². The molecule has 1 heterocycles. The maximum Gasteiger partial charge on any atom is 0.433 e. The van der Waals surface area contributed by atoms with E-state index in [1.165, 1.54) is 18.2 Å². The number of halogens is 3.